The van der Waals surface area contributed by atoms with Gasteiger partial charge in [-0.3, -0.25) is 0 Å². The van der Waals surface area contributed by atoms with Crippen molar-refractivity contribution in [3.8, 4) is 16.8 Å². The van der Waals surface area contributed by atoms with E-state index in [9.17, 15) is 0 Å². The van der Waals surface area contributed by atoms with Crippen LogP contribution in [-0.4, -0.2) is 12.6 Å². The van der Waals surface area contributed by atoms with E-state index in [1.165, 1.54) is 59.4 Å². The molecule has 2 heteroatoms. The normalized spacial score (nSPS) is 13.5. The Morgan fingerprint density at radius 2 is 0.895 bits per heavy atom. The number of rotatable bonds is 3. The molecule has 178 valence electrons. The van der Waals surface area contributed by atoms with Crippen LogP contribution >= 0.6 is 0 Å². The smallest absolute Gasteiger partial charge is 0.180 e. The molecule has 0 saturated carbocycles. The minimum atomic E-state index is -2.52. The molecule has 0 radical (unpaired) electrons. The zero-order valence-electron chi connectivity index (χ0n) is 20.9. The van der Waals surface area contributed by atoms with E-state index < -0.39 is 8.07 Å². The van der Waals surface area contributed by atoms with Crippen LogP contribution in [0, 0.1) is 0 Å². The van der Waals surface area contributed by atoms with Crippen LogP contribution in [0.5, 0.6) is 0 Å². The maximum absolute atomic E-state index is 2.52. The van der Waals surface area contributed by atoms with E-state index in [0.29, 0.717) is 0 Å². The van der Waals surface area contributed by atoms with Crippen LogP contribution in [0.2, 0.25) is 0 Å². The van der Waals surface area contributed by atoms with Gasteiger partial charge in [0, 0.05) is 16.5 Å². The summed E-state index contributed by atoms with van der Waals surface area (Å²) in [4.78, 5) is 0. The minimum Gasteiger partial charge on any atom is -0.309 e. The summed E-state index contributed by atoms with van der Waals surface area (Å²) in [5, 5.41) is 8.39. The number of hydrogen-bond donors (Lipinski definition) is 0. The summed E-state index contributed by atoms with van der Waals surface area (Å²) in [6, 6.07) is 56.3. The van der Waals surface area contributed by atoms with E-state index in [0.717, 1.165) is 0 Å². The van der Waals surface area contributed by atoms with Gasteiger partial charge in [0.2, 0.25) is 0 Å². The number of benzene rings is 6. The Morgan fingerprint density at radius 3 is 1.53 bits per heavy atom. The summed E-state index contributed by atoms with van der Waals surface area (Å²) in [5.74, 6) is 0. The van der Waals surface area contributed by atoms with E-state index >= 15 is 0 Å². The Bertz CT molecular complexity index is 1880. The zero-order valence-corrected chi connectivity index (χ0v) is 21.9. The third-order valence-electron chi connectivity index (χ3n) is 8.28. The average Bonchev–Trinajstić information content (AvgIpc) is 3.49. The largest absolute Gasteiger partial charge is 0.309 e. The molecule has 7 aromatic rings. The molecule has 0 spiro atoms. The lowest BCUT2D eigenvalue weighted by Gasteiger charge is -2.31. The molecular formula is C36H25NSi. The van der Waals surface area contributed by atoms with Gasteiger partial charge < -0.3 is 4.57 Å². The van der Waals surface area contributed by atoms with Crippen LogP contribution < -0.4 is 20.7 Å². The van der Waals surface area contributed by atoms with Crippen LogP contribution in [0.1, 0.15) is 0 Å². The molecule has 0 fully saturated rings. The molecule has 6 aromatic carbocycles. The lowest BCUT2D eigenvalue weighted by Crippen LogP contribution is -2.72. The highest BCUT2D eigenvalue weighted by molar-refractivity contribution is 7.22. The highest BCUT2D eigenvalue weighted by atomic mass is 28.3. The second-order valence-corrected chi connectivity index (χ2v) is 13.9. The highest BCUT2D eigenvalue weighted by Crippen LogP contribution is 2.34. The maximum Gasteiger partial charge on any atom is 0.180 e. The highest BCUT2D eigenvalue weighted by Gasteiger charge is 2.48. The van der Waals surface area contributed by atoms with Crippen molar-refractivity contribution in [3.63, 3.8) is 0 Å². The third-order valence-corrected chi connectivity index (χ3v) is 13.1. The minimum absolute atomic E-state index is 1.22. The maximum atomic E-state index is 2.50. The Balaban J connectivity index is 1.51. The molecule has 8 rings (SSSR count). The Labute approximate surface area is 223 Å². The summed E-state index contributed by atoms with van der Waals surface area (Å²) in [5.41, 5.74) is 6.45. The van der Waals surface area contributed by atoms with Gasteiger partial charge in [-0.05, 0) is 56.1 Å². The van der Waals surface area contributed by atoms with Gasteiger partial charge in [0.1, 0.15) is 0 Å². The van der Waals surface area contributed by atoms with Crippen molar-refractivity contribution in [2.24, 2.45) is 0 Å². The molecule has 1 aromatic heterocycles. The molecule has 0 N–H and O–H groups in total. The number of hydrogen-bond acceptors (Lipinski definition) is 0. The Morgan fingerprint density at radius 1 is 0.395 bits per heavy atom. The first-order chi connectivity index (χ1) is 18.9. The van der Waals surface area contributed by atoms with Crippen molar-refractivity contribution in [2.45, 2.75) is 0 Å². The van der Waals surface area contributed by atoms with Crippen LogP contribution in [0.25, 0.3) is 38.6 Å². The van der Waals surface area contributed by atoms with Gasteiger partial charge in [-0.25, -0.2) is 0 Å². The summed E-state index contributed by atoms with van der Waals surface area (Å²) >= 11 is 0. The van der Waals surface area contributed by atoms with E-state index in [4.69, 9.17) is 0 Å². The average molecular weight is 500 g/mol. The summed E-state index contributed by atoms with van der Waals surface area (Å²) in [6.45, 7) is 0. The summed E-state index contributed by atoms with van der Waals surface area (Å²) in [7, 11) is -2.52. The molecular weight excluding hydrogens is 474 g/mol. The van der Waals surface area contributed by atoms with Crippen LogP contribution in [-0.2, 0) is 0 Å². The number of nitrogens with zero attached hydrogens (tertiary/aromatic N) is 1. The lowest BCUT2D eigenvalue weighted by molar-refractivity contribution is 1.18. The van der Waals surface area contributed by atoms with Crippen LogP contribution in [0.3, 0.4) is 0 Å². The first-order valence-electron chi connectivity index (χ1n) is 13.2. The van der Waals surface area contributed by atoms with Gasteiger partial charge in [-0.2, -0.15) is 0 Å². The van der Waals surface area contributed by atoms with Gasteiger partial charge in [-0.15, -0.1) is 0 Å². The molecule has 1 aliphatic heterocycles. The fraction of sp³-hybridized carbons (Fsp3) is 0. The molecule has 1 aliphatic rings. The SMILES string of the molecule is c1ccc([Si]2(c3ccccc3)c3ccccc3-c3ccc(-n4c5ccccc5c5ccccc54)cc32)cc1. The summed E-state index contributed by atoms with van der Waals surface area (Å²) in [6.07, 6.45) is 0. The van der Waals surface area contributed by atoms with Crippen LogP contribution in [0.15, 0.2) is 152 Å². The molecule has 2 heterocycles. The van der Waals surface area contributed by atoms with Crippen molar-refractivity contribution in [1.82, 2.24) is 4.57 Å². The van der Waals surface area contributed by atoms with Gasteiger partial charge in [0.15, 0.2) is 8.07 Å². The van der Waals surface area contributed by atoms with E-state index in [1.54, 1.807) is 0 Å². The van der Waals surface area contributed by atoms with Crippen molar-refractivity contribution >= 4 is 50.6 Å². The third kappa shape index (κ3) is 2.81. The second kappa shape index (κ2) is 8.17. The quantitative estimate of drug-likeness (QED) is 0.257. The van der Waals surface area contributed by atoms with Gasteiger partial charge >= 0.3 is 0 Å². The predicted octanol–water partition coefficient (Wildman–Crippen LogP) is 6.14. The standard InChI is InChI=1S/C36H25NSi/c1-3-13-27(14-4-1)38(28-15-5-2-6-16-28)35-22-12-9-19-31(35)32-24-23-26(25-36(32)38)37-33-20-10-7-17-29(33)30-18-8-11-21-34(30)37/h1-25H. The Hall–Kier alpha value is -4.66. The van der Waals surface area contributed by atoms with Crippen molar-refractivity contribution < 1.29 is 0 Å². The van der Waals surface area contributed by atoms with Crippen molar-refractivity contribution in [3.05, 3.63) is 152 Å². The summed E-state index contributed by atoms with van der Waals surface area (Å²) < 4.78 is 2.45. The lowest BCUT2D eigenvalue weighted by atomic mass is 10.1. The molecule has 0 bridgehead atoms. The number of aromatic nitrogens is 1. The molecule has 0 saturated heterocycles. The van der Waals surface area contributed by atoms with Crippen molar-refractivity contribution in [2.75, 3.05) is 0 Å². The second-order valence-electron chi connectivity index (χ2n) is 10.1. The number of fused-ring (bicyclic) bond motifs is 6. The fourth-order valence-electron chi connectivity index (χ4n) is 6.77. The fourth-order valence-corrected chi connectivity index (χ4v) is 12.0. The van der Waals surface area contributed by atoms with E-state index in [-0.39, 0.29) is 0 Å². The first kappa shape index (κ1) is 21.4. The Kier molecular flexibility index (Phi) is 4.61. The van der Waals surface area contributed by atoms with Gasteiger partial charge in [-0.1, -0.05) is 127 Å². The van der Waals surface area contributed by atoms with Gasteiger partial charge in [0.05, 0.1) is 11.0 Å². The van der Waals surface area contributed by atoms with Gasteiger partial charge in [0.25, 0.3) is 0 Å². The molecule has 0 unspecified atom stereocenters. The molecule has 0 aliphatic carbocycles. The molecule has 0 amide bonds. The molecule has 0 atom stereocenters. The zero-order chi connectivity index (χ0) is 25.1. The monoisotopic (exact) mass is 499 g/mol. The predicted molar refractivity (Wildman–Crippen MR) is 163 cm³/mol. The molecule has 38 heavy (non-hydrogen) atoms. The topological polar surface area (TPSA) is 4.93 Å². The first-order valence-corrected chi connectivity index (χ1v) is 15.2. The molecule has 1 nitrogen and oxygen atoms in total. The van der Waals surface area contributed by atoms with E-state index in [1.807, 2.05) is 0 Å². The number of para-hydroxylation sites is 2. The van der Waals surface area contributed by atoms with Crippen LogP contribution in [0.4, 0.5) is 0 Å². The van der Waals surface area contributed by atoms with Crippen molar-refractivity contribution in [1.29, 1.82) is 0 Å². The van der Waals surface area contributed by atoms with E-state index in [2.05, 4.69) is 156 Å².